The maximum Gasteiger partial charge on any atom is 0.175 e. The van der Waals surface area contributed by atoms with Crippen LogP contribution in [-0.2, 0) is 9.84 Å². The molecule has 0 spiro atoms. The molecule has 1 aromatic carbocycles. The molecule has 210 valence electrons. The number of benzene rings is 1. The van der Waals surface area contributed by atoms with Crippen LogP contribution in [0.2, 0.25) is 0 Å². The van der Waals surface area contributed by atoms with Gasteiger partial charge in [0.05, 0.1) is 10.6 Å². The van der Waals surface area contributed by atoms with E-state index in [1.807, 2.05) is 12.4 Å². The van der Waals surface area contributed by atoms with Gasteiger partial charge < -0.3 is 9.30 Å². The fourth-order valence-corrected chi connectivity index (χ4v) is 7.60. The lowest BCUT2D eigenvalue weighted by molar-refractivity contribution is 0.0149. The highest BCUT2D eigenvalue weighted by molar-refractivity contribution is 7.90. The van der Waals surface area contributed by atoms with Crippen molar-refractivity contribution in [1.29, 1.82) is 0 Å². The molecule has 2 saturated heterocycles. The Labute approximate surface area is 232 Å². The van der Waals surface area contributed by atoms with Crippen molar-refractivity contribution in [3.63, 3.8) is 0 Å². The Bertz CT molecular complexity index is 1420. The molecule has 0 amide bonds. The Morgan fingerprint density at radius 2 is 1.74 bits per heavy atom. The minimum absolute atomic E-state index is 0.262. The second-order valence-electron chi connectivity index (χ2n) is 12.3. The summed E-state index contributed by atoms with van der Waals surface area (Å²) in [5.74, 6) is 0.976. The van der Waals surface area contributed by atoms with Gasteiger partial charge in [0.15, 0.2) is 21.3 Å². The number of hydrogen-bond donors (Lipinski definition) is 0. The quantitative estimate of drug-likeness (QED) is 0.373. The number of sulfone groups is 1. The van der Waals surface area contributed by atoms with Crippen LogP contribution in [0.15, 0.2) is 47.6 Å². The van der Waals surface area contributed by atoms with Crippen LogP contribution in [0.4, 0.5) is 4.39 Å². The Hall–Kier alpha value is -2.29. The molecule has 0 radical (unpaired) electrons. The maximum atomic E-state index is 15.2. The van der Waals surface area contributed by atoms with Gasteiger partial charge in [-0.25, -0.2) is 17.8 Å². The molecule has 3 unspecified atom stereocenters. The molecule has 8 heteroatoms. The molecule has 3 fully saturated rings. The first-order valence-electron chi connectivity index (χ1n) is 14.7. The topological polar surface area (TPSA) is 57.9 Å². The van der Waals surface area contributed by atoms with Crippen LogP contribution in [-0.4, -0.2) is 71.6 Å². The monoisotopic (exact) mass is 552 g/mol. The van der Waals surface area contributed by atoms with Crippen molar-refractivity contribution in [1.82, 2.24) is 19.2 Å². The Morgan fingerprint density at radius 3 is 2.38 bits per heavy atom. The fourth-order valence-electron chi connectivity index (χ4n) is 6.97. The molecule has 3 atom stereocenters. The molecule has 3 aromatic rings. The second-order valence-corrected chi connectivity index (χ2v) is 14.3. The zero-order valence-corrected chi connectivity index (χ0v) is 24.2. The van der Waals surface area contributed by atoms with Crippen molar-refractivity contribution >= 4 is 15.5 Å². The minimum Gasteiger partial charge on any atom is -0.304 e. The van der Waals surface area contributed by atoms with E-state index in [-0.39, 0.29) is 10.7 Å². The lowest BCUT2D eigenvalue weighted by Gasteiger charge is -2.48. The molecule has 2 aliphatic heterocycles. The third kappa shape index (κ3) is 5.66. The summed E-state index contributed by atoms with van der Waals surface area (Å²) in [5, 5.41) is 0. The molecule has 1 saturated carbocycles. The van der Waals surface area contributed by atoms with Gasteiger partial charge in [-0.1, -0.05) is 19.1 Å². The summed E-state index contributed by atoms with van der Waals surface area (Å²) in [6, 6.07) is 10.3. The number of hydrogen-bond acceptors (Lipinski definition) is 5. The Morgan fingerprint density at radius 1 is 1.03 bits per heavy atom. The minimum atomic E-state index is -3.27. The van der Waals surface area contributed by atoms with E-state index >= 15 is 4.39 Å². The molecule has 0 bridgehead atoms. The van der Waals surface area contributed by atoms with Gasteiger partial charge in [0.2, 0.25) is 0 Å². The van der Waals surface area contributed by atoms with E-state index < -0.39 is 9.84 Å². The zero-order chi connectivity index (χ0) is 27.3. The van der Waals surface area contributed by atoms with Crippen molar-refractivity contribution in [2.45, 2.75) is 87.7 Å². The number of imidazole rings is 1. The fraction of sp³-hybridized carbons (Fsp3) is 0.581. The number of fused-ring (bicyclic) bond motifs is 1. The summed E-state index contributed by atoms with van der Waals surface area (Å²) >= 11 is 0. The van der Waals surface area contributed by atoms with Crippen molar-refractivity contribution in [3.8, 4) is 11.3 Å². The van der Waals surface area contributed by atoms with E-state index in [1.54, 1.807) is 34.7 Å². The van der Waals surface area contributed by atoms with Gasteiger partial charge in [-0.2, -0.15) is 0 Å². The van der Waals surface area contributed by atoms with Crippen molar-refractivity contribution in [3.05, 3.63) is 54.1 Å². The highest BCUT2D eigenvalue weighted by Gasteiger charge is 2.38. The summed E-state index contributed by atoms with van der Waals surface area (Å²) in [4.78, 5) is 10.3. The molecule has 2 aromatic heterocycles. The summed E-state index contributed by atoms with van der Waals surface area (Å²) in [6.45, 7) is 8.22. The van der Waals surface area contributed by atoms with Crippen LogP contribution in [0.5, 0.6) is 0 Å². The number of rotatable bonds is 7. The molecular formula is C31H41FN4O2S. The molecular weight excluding hydrogens is 511 g/mol. The van der Waals surface area contributed by atoms with Gasteiger partial charge in [0.25, 0.3) is 0 Å². The van der Waals surface area contributed by atoms with Crippen LogP contribution in [0.3, 0.4) is 0 Å². The van der Waals surface area contributed by atoms with Crippen LogP contribution in [0.25, 0.3) is 16.9 Å². The van der Waals surface area contributed by atoms with Gasteiger partial charge in [-0.15, -0.1) is 0 Å². The lowest BCUT2D eigenvalue weighted by atomic mass is 9.85. The van der Waals surface area contributed by atoms with E-state index in [4.69, 9.17) is 0 Å². The molecule has 0 N–H and O–H groups in total. The zero-order valence-electron chi connectivity index (χ0n) is 23.4. The first-order valence-corrected chi connectivity index (χ1v) is 16.6. The van der Waals surface area contributed by atoms with E-state index in [0.717, 1.165) is 43.0 Å². The second kappa shape index (κ2) is 10.6. The standard InChI is InChI=1S/C31H41FN4O2S/c1-4-26-17-27(15-21(2)36(26)18-22-5-6-22)34-13-11-23(12-14-34)25-16-29(32)31-33-30(20-35(31)19-25)24-7-9-28(10-8-24)39(3,37)38/h7-10,16,19-23,26-27H,4-6,11-15,17-18H2,1-3H3. The predicted molar refractivity (Wildman–Crippen MR) is 153 cm³/mol. The highest BCUT2D eigenvalue weighted by atomic mass is 32.2. The van der Waals surface area contributed by atoms with Gasteiger partial charge >= 0.3 is 0 Å². The Kier molecular flexibility index (Phi) is 7.31. The summed E-state index contributed by atoms with van der Waals surface area (Å²) in [7, 11) is -3.27. The third-order valence-electron chi connectivity index (χ3n) is 9.45. The molecule has 6 rings (SSSR count). The SMILES string of the molecule is CCC1CC(N2CCC(c3cc(F)c4nc(-c5ccc(S(C)(=O)=O)cc5)cn4c3)CC2)CC(C)N1CC1CC1. The smallest absolute Gasteiger partial charge is 0.175 e. The summed E-state index contributed by atoms with van der Waals surface area (Å²) < 4.78 is 40.6. The summed E-state index contributed by atoms with van der Waals surface area (Å²) in [5.41, 5.74) is 2.74. The van der Waals surface area contributed by atoms with E-state index in [2.05, 4.69) is 28.6 Å². The van der Waals surface area contributed by atoms with Crippen LogP contribution in [0, 0.1) is 11.7 Å². The van der Waals surface area contributed by atoms with E-state index in [9.17, 15) is 8.42 Å². The highest BCUT2D eigenvalue weighted by Crippen LogP contribution is 2.37. The number of nitrogens with zero attached hydrogens (tertiary/aromatic N) is 4. The number of aromatic nitrogens is 2. The number of pyridine rings is 1. The lowest BCUT2D eigenvalue weighted by Crippen LogP contribution is -2.55. The van der Waals surface area contributed by atoms with Gasteiger partial charge in [-0.3, -0.25) is 4.90 Å². The van der Waals surface area contributed by atoms with E-state index in [1.165, 1.54) is 44.9 Å². The average molecular weight is 553 g/mol. The average Bonchev–Trinajstić information content (AvgIpc) is 3.64. The predicted octanol–water partition coefficient (Wildman–Crippen LogP) is 5.76. The van der Waals surface area contributed by atoms with Crippen molar-refractivity contribution < 1.29 is 12.8 Å². The number of piperidine rings is 2. The third-order valence-corrected chi connectivity index (χ3v) is 10.6. The Balaban J connectivity index is 1.13. The van der Waals surface area contributed by atoms with Gasteiger partial charge in [0.1, 0.15) is 0 Å². The van der Waals surface area contributed by atoms with Gasteiger partial charge in [0, 0.05) is 48.9 Å². The molecule has 39 heavy (non-hydrogen) atoms. The summed E-state index contributed by atoms with van der Waals surface area (Å²) in [6.07, 6.45) is 13.8. The van der Waals surface area contributed by atoms with Crippen LogP contribution in [0.1, 0.15) is 70.3 Å². The maximum absolute atomic E-state index is 15.2. The molecule has 3 aliphatic rings. The largest absolute Gasteiger partial charge is 0.304 e. The number of likely N-dealkylation sites (tertiary alicyclic amines) is 2. The van der Waals surface area contributed by atoms with Crippen LogP contribution < -0.4 is 0 Å². The van der Waals surface area contributed by atoms with E-state index in [0.29, 0.717) is 35.4 Å². The molecule has 4 heterocycles. The first kappa shape index (κ1) is 26.9. The molecule has 1 aliphatic carbocycles. The van der Waals surface area contributed by atoms with Crippen molar-refractivity contribution in [2.75, 3.05) is 25.9 Å². The number of halogens is 1. The normalized spacial score (nSPS) is 25.9. The van der Waals surface area contributed by atoms with Gasteiger partial charge in [-0.05, 0) is 101 Å². The van der Waals surface area contributed by atoms with Crippen molar-refractivity contribution in [2.24, 2.45) is 5.92 Å². The first-order chi connectivity index (χ1) is 18.7. The van der Waals surface area contributed by atoms with Crippen LogP contribution >= 0.6 is 0 Å². The molecule has 6 nitrogen and oxygen atoms in total.